The molecule has 3 atom stereocenters. The van der Waals surface area contributed by atoms with Crippen molar-refractivity contribution < 1.29 is 24.2 Å². The van der Waals surface area contributed by atoms with Crippen molar-refractivity contribution >= 4 is 23.2 Å². The first-order chi connectivity index (χ1) is 19.2. The maximum Gasteiger partial charge on any atom is 0.314 e. The zero-order valence-electron chi connectivity index (χ0n) is 24.5. The Morgan fingerprint density at radius 1 is 1.15 bits per heavy atom. The van der Waals surface area contributed by atoms with E-state index in [1.165, 1.54) is 0 Å². The maximum absolute atomic E-state index is 14.0. The first-order valence-corrected chi connectivity index (χ1v) is 14.7. The third kappa shape index (κ3) is 6.07. The third-order valence-corrected chi connectivity index (χ3v) is 8.98. The Morgan fingerprint density at radius 3 is 2.50 bits per heavy atom. The van der Waals surface area contributed by atoms with E-state index in [4.69, 9.17) is 4.74 Å². The summed E-state index contributed by atoms with van der Waals surface area (Å²) in [7, 11) is 0. The number of allylic oxidation sites excluding steroid dienone is 5. The van der Waals surface area contributed by atoms with E-state index in [1.54, 1.807) is 0 Å². The van der Waals surface area contributed by atoms with E-state index in [0.717, 1.165) is 64.7 Å². The van der Waals surface area contributed by atoms with Gasteiger partial charge in [-0.05, 0) is 90.4 Å². The Labute approximate surface area is 238 Å². The Bertz CT molecular complexity index is 1290. The van der Waals surface area contributed by atoms with Gasteiger partial charge in [-0.2, -0.15) is 0 Å². The number of aryl methyl sites for hydroxylation is 1. The SMILES string of the molecule is CC/C=C1C(\C)=C\C2=C(COC(=O)C2C2CCC2)C(=O)C(C)C(C)CC\1=C(/CNC(=O)CO)c1ccccc1C. The van der Waals surface area contributed by atoms with E-state index < -0.39 is 18.4 Å². The van der Waals surface area contributed by atoms with Gasteiger partial charge in [0.05, 0.1) is 5.92 Å². The van der Waals surface area contributed by atoms with E-state index in [-0.39, 0.29) is 42.7 Å². The minimum atomic E-state index is -0.579. The average molecular weight is 546 g/mol. The summed E-state index contributed by atoms with van der Waals surface area (Å²) in [6.07, 6.45) is 8.75. The molecule has 214 valence electrons. The van der Waals surface area contributed by atoms with Gasteiger partial charge in [0.15, 0.2) is 5.78 Å². The molecule has 0 radical (unpaired) electrons. The predicted molar refractivity (Wildman–Crippen MR) is 157 cm³/mol. The summed E-state index contributed by atoms with van der Waals surface area (Å²) in [6, 6.07) is 8.11. The van der Waals surface area contributed by atoms with E-state index in [2.05, 4.69) is 57.3 Å². The summed E-state index contributed by atoms with van der Waals surface area (Å²) < 4.78 is 5.61. The summed E-state index contributed by atoms with van der Waals surface area (Å²) in [6.45, 7) is 10.0. The fraction of sp³-hybridized carbons (Fsp3) is 0.500. The van der Waals surface area contributed by atoms with Crippen LogP contribution < -0.4 is 5.32 Å². The quantitative estimate of drug-likeness (QED) is 0.451. The highest BCUT2D eigenvalue weighted by Crippen LogP contribution is 2.44. The second-order valence-corrected chi connectivity index (χ2v) is 11.6. The molecule has 1 amide bonds. The summed E-state index contributed by atoms with van der Waals surface area (Å²) in [5.74, 6) is -1.09. The van der Waals surface area contributed by atoms with Gasteiger partial charge in [-0.15, -0.1) is 0 Å². The average Bonchev–Trinajstić information content (AvgIpc) is 2.91. The summed E-state index contributed by atoms with van der Waals surface area (Å²) in [4.78, 5) is 39.2. The van der Waals surface area contributed by atoms with Crippen LogP contribution in [0.25, 0.3) is 5.57 Å². The second-order valence-electron chi connectivity index (χ2n) is 11.6. The van der Waals surface area contributed by atoms with Gasteiger partial charge in [0.2, 0.25) is 5.91 Å². The van der Waals surface area contributed by atoms with E-state index >= 15 is 0 Å². The van der Waals surface area contributed by atoms with Gasteiger partial charge in [0.25, 0.3) is 0 Å². The van der Waals surface area contributed by atoms with Crippen LogP contribution in [0.2, 0.25) is 0 Å². The van der Waals surface area contributed by atoms with Gasteiger partial charge in [-0.3, -0.25) is 14.4 Å². The Balaban J connectivity index is 1.98. The van der Waals surface area contributed by atoms with Gasteiger partial charge >= 0.3 is 5.97 Å². The molecule has 1 aliphatic heterocycles. The minimum Gasteiger partial charge on any atom is -0.460 e. The van der Waals surface area contributed by atoms with Crippen molar-refractivity contribution in [1.29, 1.82) is 0 Å². The zero-order valence-corrected chi connectivity index (χ0v) is 24.5. The highest BCUT2D eigenvalue weighted by Gasteiger charge is 2.42. The first kappa shape index (κ1) is 29.7. The van der Waals surface area contributed by atoms with Crippen LogP contribution in [-0.2, 0) is 19.1 Å². The lowest BCUT2D eigenvalue weighted by molar-refractivity contribution is -0.150. The molecule has 1 aromatic rings. The molecular formula is C34H43NO5. The summed E-state index contributed by atoms with van der Waals surface area (Å²) in [5.41, 5.74) is 7.72. The number of ether oxygens (including phenoxy) is 1. The first-order valence-electron chi connectivity index (χ1n) is 14.7. The molecule has 2 N–H and O–H groups in total. The lowest BCUT2D eigenvalue weighted by Crippen LogP contribution is -2.38. The van der Waals surface area contributed by atoms with Crippen molar-refractivity contribution in [3.05, 3.63) is 75.4 Å². The molecule has 3 unspecified atom stereocenters. The van der Waals surface area contributed by atoms with Crippen LogP contribution in [0.15, 0.2) is 64.3 Å². The number of hydrogen-bond acceptors (Lipinski definition) is 5. The fourth-order valence-electron chi connectivity index (χ4n) is 6.22. The summed E-state index contributed by atoms with van der Waals surface area (Å²) >= 11 is 0. The van der Waals surface area contributed by atoms with Gasteiger partial charge in [-0.1, -0.05) is 63.6 Å². The van der Waals surface area contributed by atoms with E-state index in [9.17, 15) is 19.5 Å². The van der Waals surface area contributed by atoms with Crippen LogP contribution in [-0.4, -0.2) is 42.5 Å². The smallest absolute Gasteiger partial charge is 0.314 e. The number of hydrogen-bond donors (Lipinski definition) is 2. The number of rotatable bonds is 6. The lowest BCUT2D eigenvalue weighted by atomic mass is 9.68. The molecule has 6 heteroatoms. The van der Waals surface area contributed by atoms with Crippen LogP contribution >= 0.6 is 0 Å². The van der Waals surface area contributed by atoms with Crippen molar-refractivity contribution in [3.63, 3.8) is 0 Å². The van der Waals surface area contributed by atoms with Gasteiger partial charge < -0.3 is 15.2 Å². The number of nitrogens with one attached hydrogen (secondary N) is 1. The molecule has 1 aromatic carbocycles. The van der Waals surface area contributed by atoms with E-state index in [1.807, 2.05) is 19.1 Å². The molecule has 6 nitrogen and oxygen atoms in total. The molecule has 0 spiro atoms. The standard InChI is InChI=1S/C34H43NO5/c1-6-10-25-22(4)16-28-30(19-40-34(39)32(28)24-12-9-13-24)33(38)23(5)21(3)15-27(25)29(17-35-31(37)18-36)26-14-8-7-11-20(26)2/h7-8,10-11,14,16,21,23-24,32,36H,6,9,12-13,15,17-19H2,1-5H3,(H,35,37)/b22-16+,25-10+,29-27-. The number of aliphatic hydroxyl groups is 1. The second kappa shape index (κ2) is 12.9. The van der Waals surface area contributed by atoms with Crippen LogP contribution in [0.1, 0.15) is 70.9 Å². The van der Waals surface area contributed by atoms with Gasteiger partial charge in [-0.25, -0.2) is 0 Å². The van der Waals surface area contributed by atoms with Crippen molar-refractivity contribution in [2.24, 2.45) is 23.7 Å². The highest BCUT2D eigenvalue weighted by atomic mass is 16.5. The largest absolute Gasteiger partial charge is 0.460 e. The van der Waals surface area contributed by atoms with E-state index in [0.29, 0.717) is 12.0 Å². The molecule has 0 bridgehead atoms. The number of Topliss-reactive ketones (excluding diaryl/α,β-unsaturated/α-hetero) is 1. The summed E-state index contributed by atoms with van der Waals surface area (Å²) in [5, 5.41) is 12.3. The molecule has 0 saturated heterocycles. The zero-order chi connectivity index (χ0) is 29.0. The normalized spacial score (nSPS) is 27.8. The van der Waals surface area contributed by atoms with Crippen molar-refractivity contribution in [1.82, 2.24) is 5.32 Å². The maximum atomic E-state index is 14.0. The number of esters is 1. The molecular weight excluding hydrogens is 502 g/mol. The Kier molecular flexibility index (Phi) is 9.62. The van der Waals surface area contributed by atoms with Crippen LogP contribution in [0.4, 0.5) is 0 Å². The molecule has 1 saturated carbocycles. The Morgan fingerprint density at radius 2 is 1.88 bits per heavy atom. The molecule has 3 aliphatic rings. The van der Waals surface area contributed by atoms with Gasteiger partial charge in [0.1, 0.15) is 13.2 Å². The molecule has 2 aliphatic carbocycles. The molecule has 0 aromatic heterocycles. The van der Waals surface area contributed by atoms with Crippen molar-refractivity contribution in [2.45, 2.75) is 66.7 Å². The number of cyclic esters (lactones) is 1. The number of carbonyl (C=O) groups excluding carboxylic acids is 3. The topological polar surface area (TPSA) is 92.7 Å². The van der Waals surface area contributed by atoms with Gasteiger partial charge in [0, 0.05) is 18.0 Å². The number of carbonyl (C=O) groups is 3. The molecule has 1 fully saturated rings. The number of aliphatic hydroxyl groups excluding tert-OH is 1. The number of amides is 1. The van der Waals surface area contributed by atoms with Crippen LogP contribution in [0.3, 0.4) is 0 Å². The highest BCUT2D eigenvalue weighted by molar-refractivity contribution is 6.01. The number of benzene rings is 1. The van der Waals surface area contributed by atoms with Crippen molar-refractivity contribution in [3.8, 4) is 0 Å². The third-order valence-electron chi connectivity index (χ3n) is 8.98. The van der Waals surface area contributed by atoms with Crippen LogP contribution in [0, 0.1) is 30.6 Å². The minimum absolute atomic E-state index is 0.00486. The monoisotopic (exact) mass is 545 g/mol. The molecule has 4 rings (SSSR count). The number of ketones is 1. The Hall–Kier alpha value is -3.25. The lowest BCUT2D eigenvalue weighted by Gasteiger charge is -2.38. The fourth-order valence-corrected chi connectivity index (χ4v) is 6.22. The predicted octanol–water partition coefficient (Wildman–Crippen LogP) is 5.65. The van der Waals surface area contributed by atoms with Crippen molar-refractivity contribution in [2.75, 3.05) is 19.8 Å². The molecule has 40 heavy (non-hydrogen) atoms. The molecule has 1 heterocycles. The van der Waals surface area contributed by atoms with Crippen LogP contribution in [0.5, 0.6) is 0 Å².